The molecule has 19 heavy (non-hydrogen) atoms. The van der Waals surface area contributed by atoms with Crippen molar-refractivity contribution in [1.82, 2.24) is 4.90 Å². The number of hydrogen-bond acceptors (Lipinski definition) is 3. The van der Waals surface area contributed by atoms with Crippen molar-refractivity contribution in [1.29, 1.82) is 0 Å². The van der Waals surface area contributed by atoms with Gasteiger partial charge in [-0.15, -0.1) is 11.8 Å². The second-order valence-electron chi connectivity index (χ2n) is 5.00. The van der Waals surface area contributed by atoms with Crippen molar-refractivity contribution in [3.63, 3.8) is 0 Å². The van der Waals surface area contributed by atoms with Crippen LogP contribution in [0.4, 0.5) is 0 Å². The normalized spacial score (nSPS) is 20.6. The van der Waals surface area contributed by atoms with Crippen LogP contribution in [0.1, 0.15) is 30.6 Å². The van der Waals surface area contributed by atoms with Gasteiger partial charge in [0.1, 0.15) is 0 Å². The number of thioether (sulfide) groups is 1. The SMILES string of the molecule is CCSc1ccc(C(=O)N2CCC(C(C)O)C2)cc1. The molecule has 0 spiro atoms. The second-order valence-corrected chi connectivity index (χ2v) is 6.34. The van der Waals surface area contributed by atoms with E-state index in [9.17, 15) is 9.90 Å². The van der Waals surface area contributed by atoms with E-state index in [4.69, 9.17) is 0 Å². The Morgan fingerprint density at radius 3 is 2.68 bits per heavy atom. The highest BCUT2D eigenvalue weighted by molar-refractivity contribution is 7.99. The summed E-state index contributed by atoms with van der Waals surface area (Å²) in [6.45, 7) is 5.33. The number of hydrogen-bond donors (Lipinski definition) is 1. The zero-order valence-corrected chi connectivity index (χ0v) is 12.3. The van der Waals surface area contributed by atoms with Gasteiger partial charge in [-0.1, -0.05) is 6.92 Å². The minimum atomic E-state index is -0.332. The lowest BCUT2D eigenvalue weighted by atomic mass is 10.0. The fourth-order valence-corrected chi connectivity index (χ4v) is 3.07. The molecular formula is C15H21NO2S. The molecule has 1 aliphatic heterocycles. The zero-order valence-electron chi connectivity index (χ0n) is 11.5. The van der Waals surface area contributed by atoms with Crippen molar-refractivity contribution in [3.05, 3.63) is 29.8 Å². The van der Waals surface area contributed by atoms with E-state index in [-0.39, 0.29) is 17.9 Å². The molecule has 0 aliphatic carbocycles. The molecular weight excluding hydrogens is 258 g/mol. The second kappa shape index (κ2) is 6.44. The van der Waals surface area contributed by atoms with E-state index in [1.54, 1.807) is 18.7 Å². The van der Waals surface area contributed by atoms with Crippen LogP contribution in [0.25, 0.3) is 0 Å². The van der Waals surface area contributed by atoms with Crippen molar-refractivity contribution in [2.75, 3.05) is 18.8 Å². The molecule has 0 bridgehead atoms. The van der Waals surface area contributed by atoms with Gasteiger partial charge in [-0.3, -0.25) is 4.79 Å². The van der Waals surface area contributed by atoms with E-state index < -0.39 is 0 Å². The summed E-state index contributed by atoms with van der Waals surface area (Å²) in [7, 11) is 0. The van der Waals surface area contributed by atoms with Crippen molar-refractivity contribution >= 4 is 17.7 Å². The molecule has 1 N–H and O–H groups in total. The first-order chi connectivity index (χ1) is 9.11. The molecule has 0 aromatic heterocycles. The summed E-state index contributed by atoms with van der Waals surface area (Å²) in [5.74, 6) is 1.34. The molecule has 1 amide bonds. The molecule has 2 rings (SSSR count). The number of benzene rings is 1. The lowest BCUT2D eigenvalue weighted by molar-refractivity contribution is 0.0762. The van der Waals surface area contributed by atoms with Gasteiger partial charge in [0.25, 0.3) is 5.91 Å². The zero-order chi connectivity index (χ0) is 13.8. The van der Waals surface area contributed by atoms with Gasteiger partial charge in [0.2, 0.25) is 0 Å². The maximum Gasteiger partial charge on any atom is 0.253 e. The molecule has 1 aliphatic rings. The lowest BCUT2D eigenvalue weighted by Gasteiger charge is -2.18. The Balaban J connectivity index is 2.00. The molecule has 4 heteroatoms. The first-order valence-electron chi connectivity index (χ1n) is 6.82. The van der Waals surface area contributed by atoms with Crippen LogP contribution in [0.15, 0.2) is 29.2 Å². The Hall–Kier alpha value is -1.00. The van der Waals surface area contributed by atoms with Crippen LogP contribution in [0.2, 0.25) is 0 Å². The minimum absolute atomic E-state index is 0.0798. The van der Waals surface area contributed by atoms with Gasteiger partial charge in [-0.05, 0) is 43.4 Å². The van der Waals surface area contributed by atoms with Crippen LogP contribution in [-0.2, 0) is 0 Å². The highest BCUT2D eigenvalue weighted by Crippen LogP contribution is 2.23. The number of aliphatic hydroxyl groups excluding tert-OH is 1. The molecule has 3 nitrogen and oxygen atoms in total. The van der Waals surface area contributed by atoms with Crippen LogP contribution >= 0.6 is 11.8 Å². The summed E-state index contributed by atoms with van der Waals surface area (Å²) in [6, 6.07) is 7.80. The molecule has 1 heterocycles. The van der Waals surface area contributed by atoms with Crippen molar-refractivity contribution in [2.24, 2.45) is 5.92 Å². The molecule has 1 saturated heterocycles. The Kier molecular flexibility index (Phi) is 4.88. The van der Waals surface area contributed by atoms with Gasteiger partial charge in [0.15, 0.2) is 0 Å². The number of rotatable bonds is 4. The molecule has 2 atom stereocenters. The third-order valence-electron chi connectivity index (χ3n) is 3.61. The Morgan fingerprint density at radius 1 is 1.47 bits per heavy atom. The van der Waals surface area contributed by atoms with Gasteiger partial charge in [0.05, 0.1) is 6.10 Å². The summed E-state index contributed by atoms with van der Waals surface area (Å²) in [6.07, 6.45) is 0.564. The van der Waals surface area contributed by atoms with E-state index in [0.717, 1.165) is 24.3 Å². The van der Waals surface area contributed by atoms with E-state index in [1.807, 2.05) is 29.2 Å². The minimum Gasteiger partial charge on any atom is -0.393 e. The Morgan fingerprint density at radius 2 is 2.16 bits per heavy atom. The third-order valence-corrected chi connectivity index (χ3v) is 4.50. The monoisotopic (exact) mass is 279 g/mol. The van der Waals surface area contributed by atoms with Crippen molar-refractivity contribution in [3.8, 4) is 0 Å². The number of likely N-dealkylation sites (tertiary alicyclic amines) is 1. The van der Waals surface area contributed by atoms with Crippen LogP contribution in [0.5, 0.6) is 0 Å². The van der Waals surface area contributed by atoms with Crippen LogP contribution in [0.3, 0.4) is 0 Å². The number of carbonyl (C=O) groups excluding carboxylic acids is 1. The average molecular weight is 279 g/mol. The van der Waals surface area contributed by atoms with Gasteiger partial charge >= 0.3 is 0 Å². The van der Waals surface area contributed by atoms with Gasteiger partial charge in [-0.2, -0.15) is 0 Å². The predicted octanol–water partition coefficient (Wildman–Crippen LogP) is 2.64. The standard InChI is InChI=1S/C15H21NO2S/c1-3-19-14-6-4-12(5-7-14)15(18)16-9-8-13(10-16)11(2)17/h4-7,11,13,17H,3,8-10H2,1-2H3. The predicted molar refractivity (Wildman–Crippen MR) is 78.5 cm³/mol. The van der Waals surface area contributed by atoms with Crippen LogP contribution in [-0.4, -0.2) is 40.9 Å². The summed E-state index contributed by atoms with van der Waals surface area (Å²) in [5.41, 5.74) is 0.742. The average Bonchev–Trinajstić information content (AvgIpc) is 2.89. The van der Waals surface area contributed by atoms with Crippen molar-refractivity contribution in [2.45, 2.75) is 31.3 Å². The fourth-order valence-electron chi connectivity index (χ4n) is 2.41. The number of carbonyl (C=O) groups is 1. The number of amides is 1. The van der Waals surface area contributed by atoms with E-state index in [1.165, 1.54) is 4.90 Å². The van der Waals surface area contributed by atoms with Gasteiger partial charge in [0, 0.05) is 29.5 Å². The summed E-state index contributed by atoms with van der Waals surface area (Å²) in [5, 5.41) is 9.58. The molecule has 2 unspecified atom stereocenters. The smallest absolute Gasteiger partial charge is 0.253 e. The Bertz CT molecular complexity index is 430. The van der Waals surface area contributed by atoms with Crippen LogP contribution < -0.4 is 0 Å². The number of nitrogens with zero attached hydrogens (tertiary/aromatic N) is 1. The summed E-state index contributed by atoms with van der Waals surface area (Å²) in [4.78, 5) is 15.4. The topological polar surface area (TPSA) is 40.5 Å². The molecule has 104 valence electrons. The quantitative estimate of drug-likeness (QED) is 0.861. The maximum absolute atomic E-state index is 12.3. The molecule has 0 saturated carbocycles. The molecule has 1 aromatic rings. The third kappa shape index (κ3) is 3.51. The van der Waals surface area contributed by atoms with E-state index in [2.05, 4.69) is 6.92 Å². The highest BCUT2D eigenvalue weighted by Gasteiger charge is 2.29. The molecule has 1 fully saturated rings. The van der Waals surface area contributed by atoms with Crippen LogP contribution in [0, 0.1) is 5.92 Å². The largest absolute Gasteiger partial charge is 0.393 e. The first-order valence-corrected chi connectivity index (χ1v) is 7.80. The molecule has 1 aromatic carbocycles. The fraction of sp³-hybridized carbons (Fsp3) is 0.533. The molecule has 0 radical (unpaired) electrons. The lowest BCUT2D eigenvalue weighted by Crippen LogP contribution is -2.30. The maximum atomic E-state index is 12.3. The summed E-state index contributed by atoms with van der Waals surface area (Å²) < 4.78 is 0. The highest BCUT2D eigenvalue weighted by atomic mass is 32.2. The number of aliphatic hydroxyl groups is 1. The summed E-state index contributed by atoms with van der Waals surface area (Å²) >= 11 is 1.77. The van der Waals surface area contributed by atoms with Gasteiger partial charge in [-0.25, -0.2) is 0 Å². The first kappa shape index (κ1) is 14.4. The van der Waals surface area contributed by atoms with E-state index in [0.29, 0.717) is 6.54 Å². The van der Waals surface area contributed by atoms with Crippen molar-refractivity contribution < 1.29 is 9.90 Å². The van der Waals surface area contributed by atoms with Gasteiger partial charge < -0.3 is 10.0 Å². The Labute approximate surface area is 119 Å². The van der Waals surface area contributed by atoms with E-state index >= 15 is 0 Å².